The highest BCUT2D eigenvalue weighted by Gasteiger charge is 2.13. The molecule has 2 rings (SSSR count). The first-order chi connectivity index (χ1) is 8.08. The topological polar surface area (TPSA) is 72.9 Å². The van der Waals surface area contributed by atoms with Gasteiger partial charge in [0.05, 0.1) is 5.69 Å². The molecular weight excluding hydrogens is 223 g/mol. The number of nitrogen functional groups attached to an aromatic ring is 1. The number of aromatic nitrogens is 2. The van der Waals surface area contributed by atoms with E-state index in [4.69, 9.17) is 5.73 Å². The van der Waals surface area contributed by atoms with Crippen LogP contribution in [0.3, 0.4) is 0 Å². The first kappa shape index (κ1) is 11.1. The minimum Gasteiger partial charge on any atom is -0.399 e. The summed E-state index contributed by atoms with van der Waals surface area (Å²) in [4.78, 5) is 15.6. The second-order valence-corrected chi connectivity index (χ2v) is 3.56. The number of anilines is 2. The Balaban J connectivity index is 2.24. The zero-order valence-electron chi connectivity index (χ0n) is 9.14. The van der Waals surface area contributed by atoms with Crippen molar-refractivity contribution in [3.63, 3.8) is 0 Å². The van der Waals surface area contributed by atoms with Gasteiger partial charge in [0.2, 0.25) is 0 Å². The van der Waals surface area contributed by atoms with Gasteiger partial charge in [0.1, 0.15) is 5.82 Å². The van der Waals surface area contributed by atoms with Crippen molar-refractivity contribution in [3.8, 4) is 0 Å². The van der Waals surface area contributed by atoms with Crippen LogP contribution in [0.2, 0.25) is 0 Å². The maximum Gasteiger partial charge on any atom is 0.291 e. The molecule has 3 N–H and O–H groups in total. The molecule has 0 aliphatic carbocycles. The lowest BCUT2D eigenvalue weighted by Crippen LogP contribution is -2.17. The van der Waals surface area contributed by atoms with E-state index in [9.17, 15) is 9.18 Å². The highest BCUT2D eigenvalue weighted by molar-refractivity contribution is 6.02. The van der Waals surface area contributed by atoms with Gasteiger partial charge in [0.25, 0.3) is 5.91 Å². The summed E-state index contributed by atoms with van der Waals surface area (Å²) in [7, 11) is 1.68. The van der Waals surface area contributed by atoms with E-state index in [2.05, 4.69) is 10.3 Å². The van der Waals surface area contributed by atoms with Crippen molar-refractivity contribution in [1.29, 1.82) is 0 Å². The molecule has 0 unspecified atom stereocenters. The van der Waals surface area contributed by atoms with Gasteiger partial charge in [-0.2, -0.15) is 0 Å². The Morgan fingerprint density at radius 2 is 2.29 bits per heavy atom. The van der Waals surface area contributed by atoms with Crippen LogP contribution in [0.5, 0.6) is 0 Å². The van der Waals surface area contributed by atoms with Crippen molar-refractivity contribution < 1.29 is 9.18 Å². The third-order valence-corrected chi connectivity index (χ3v) is 2.26. The number of hydrogen-bond donors (Lipinski definition) is 2. The van der Waals surface area contributed by atoms with Crippen LogP contribution in [0.4, 0.5) is 15.8 Å². The fourth-order valence-electron chi connectivity index (χ4n) is 1.40. The number of amides is 1. The Bertz CT molecular complexity index is 564. The Labute approximate surface area is 97.1 Å². The van der Waals surface area contributed by atoms with Gasteiger partial charge in [-0.15, -0.1) is 0 Å². The number of nitrogens with one attached hydrogen (secondary N) is 1. The Hall–Kier alpha value is -2.37. The monoisotopic (exact) mass is 234 g/mol. The number of rotatable bonds is 2. The Kier molecular flexibility index (Phi) is 2.78. The molecule has 1 heterocycles. The van der Waals surface area contributed by atoms with Crippen molar-refractivity contribution in [2.24, 2.45) is 7.05 Å². The van der Waals surface area contributed by atoms with E-state index in [1.807, 2.05) is 0 Å². The number of aryl methyl sites for hydroxylation is 1. The number of benzene rings is 1. The molecule has 2 aromatic rings. The highest BCUT2D eigenvalue weighted by atomic mass is 19.1. The lowest BCUT2D eigenvalue weighted by Gasteiger charge is -2.06. The van der Waals surface area contributed by atoms with Crippen molar-refractivity contribution in [1.82, 2.24) is 9.55 Å². The van der Waals surface area contributed by atoms with E-state index in [-0.39, 0.29) is 11.5 Å². The number of nitrogens with zero attached hydrogens (tertiary/aromatic N) is 2. The molecule has 88 valence electrons. The number of hydrogen-bond acceptors (Lipinski definition) is 3. The number of nitrogens with two attached hydrogens (primary N) is 1. The molecule has 0 saturated heterocycles. The molecule has 5 nitrogen and oxygen atoms in total. The normalized spacial score (nSPS) is 10.2. The predicted octanol–water partition coefficient (Wildman–Crippen LogP) is 1.39. The fourth-order valence-corrected chi connectivity index (χ4v) is 1.40. The molecule has 1 amide bonds. The van der Waals surface area contributed by atoms with E-state index in [0.717, 1.165) is 0 Å². The second-order valence-electron chi connectivity index (χ2n) is 3.56. The molecule has 0 aliphatic heterocycles. The number of halogens is 1. The van der Waals surface area contributed by atoms with Crippen LogP contribution < -0.4 is 11.1 Å². The maximum atomic E-state index is 13.4. The van der Waals surface area contributed by atoms with Crippen LogP contribution in [0.15, 0.2) is 30.6 Å². The van der Waals surface area contributed by atoms with Crippen LogP contribution in [0.25, 0.3) is 0 Å². The summed E-state index contributed by atoms with van der Waals surface area (Å²) in [5.41, 5.74) is 5.93. The molecular formula is C11H11FN4O. The van der Waals surface area contributed by atoms with E-state index in [1.165, 1.54) is 24.4 Å². The minimum absolute atomic E-state index is 0.0398. The van der Waals surface area contributed by atoms with Crippen molar-refractivity contribution >= 4 is 17.3 Å². The van der Waals surface area contributed by atoms with Gasteiger partial charge in [-0.3, -0.25) is 4.79 Å². The summed E-state index contributed by atoms with van der Waals surface area (Å²) < 4.78 is 14.9. The summed E-state index contributed by atoms with van der Waals surface area (Å²) in [6.07, 6.45) is 3.12. The zero-order valence-corrected chi connectivity index (χ0v) is 9.14. The van der Waals surface area contributed by atoms with Gasteiger partial charge >= 0.3 is 0 Å². The van der Waals surface area contributed by atoms with Gasteiger partial charge in [-0.05, 0) is 18.2 Å². The Morgan fingerprint density at radius 3 is 2.94 bits per heavy atom. The second kappa shape index (κ2) is 4.25. The largest absolute Gasteiger partial charge is 0.399 e. The third-order valence-electron chi connectivity index (χ3n) is 2.26. The van der Waals surface area contributed by atoms with E-state index >= 15 is 0 Å². The van der Waals surface area contributed by atoms with Gasteiger partial charge < -0.3 is 15.6 Å². The molecule has 0 saturated carbocycles. The molecule has 0 bridgehead atoms. The number of carbonyl (C=O) groups excluding carboxylic acids is 1. The van der Waals surface area contributed by atoms with Gasteiger partial charge in [-0.25, -0.2) is 9.37 Å². The van der Waals surface area contributed by atoms with Crippen LogP contribution >= 0.6 is 0 Å². The molecule has 0 spiro atoms. The molecule has 0 atom stereocenters. The van der Waals surface area contributed by atoms with Crippen LogP contribution in [0, 0.1) is 5.82 Å². The first-order valence-corrected chi connectivity index (χ1v) is 4.91. The summed E-state index contributed by atoms with van der Waals surface area (Å²) in [5.74, 6) is -0.824. The average molecular weight is 234 g/mol. The molecule has 0 aliphatic rings. The lowest BCUT2D eigenvalue weighted by atomic mass is 10.2. The van der Waals surface area contributed by atoms with E-state index < -0.39 is 11.7 Å². The first-order valence-electron chi connectivity index (χ1n) is 4.91. The van der Waals surface area contributed by atoms with Gasteiger partial charge in [0, 0.05) is 25.1 Å². The summed E-state index contributed by atoms with van der Waals surface area (Å²) in [6.45, 7) is 0. The molecule has 17 heavy (non-hydrogen) atoms. The van der Waals surface area contributed by atoms with Gasteiger partial charge in [-0.1, -0.05) is 0 Å². The summed E-state index contributed by atoms with van der Waals surface area (Å²) in [6, 6.07) is 3.98. The van der Waals surface area contributed by atoms with Crippen LogP contribution in [-0.2, 0) is 7.05 Å². The quantitative estimate of drug-likeness (QED) is 0.771. The smallest absolute Gasteiger partial charge is 0.291 e. The molecule has 6 heteroatoms. The standard InChI is InChI=1S/C11H11FN4O/c1-16-5-4-14-10(16)11(17)15-9-6-7(13)2-3-8(9)12/h2-6H,13H2,1H3,(H,15,17). The van der Waals surface area contributed by atoms with Gasteiger partial charge in [0.15, 0.2) is 5.82 Å². The summed E-state index contributed by atoms with van der Waals surface area (Å²) >= 11 is 0. The molecule has 0 radical (unpaired) electrons. The van der Waals surface area contributed by atoms with Crippen molar-refractivity contribution in [3.05, 3.63) is 42.2 Å². The lowest BCUT2D eigenvalue weighted by molar-refractivity contribution is 0.101. The zero-order chi connectivity index (χ0) is 12.4. The fraction of sp³-hybridized carbons (Fsp3) is 0.0909. The van der Waals surface area contributed by atoms with Crippen molar-refractivity contribution in [2.45, 2.75) is 0 Å². The average Bonchev–Trinajstić information content (AvgIpc) is 2.70. The van der Waals surface area contributed by atoms with Crippen LogP contribution in [0.1, 0.15) is 10.6 Å². The number of carbonyl (C=O) groups is 1. The maximum absolute atomic E-state index is 13.4. The number of imidazole rings is 1. The minimum atomic E-state index is -0.540. The summed E-state index contributed by atoms with van der Waals surface area (Å²) in [5, 5.41) is 2.42. The van der Waals surface area contributed by atoms with Crippen LogP contribution in [-0.4, -0.2) is 15.5 Å². The predicted molar refractivity (Wildman–Crippen MR) is 62.0 cm³/mol. The Morgan fingerprint density at radius 1 is 1.53 bits per heavy atom. The van der Waals surface area contributed by atoms with E-state index in [1.54, 1.807) is 17.8 Å². The third kappa shape index (κ3) is 2.25. The van der Waals surface area contributed by atoms with Crippen molar-refractivity contribution in [2.75, 3.05) is 11.1 Å². The molecule has 0 fully saturated rings. The SMILES string of the molecule is Cn1ccnc1C(=O)Nc1cc(N)ccc1F. The van der Waals surface area contributed by atoms with E-state index in [0.29, 0.717) is 5.69 Å². The highest BCUT2D eigenvalue weighted by Crippen LogP contribution is 2.17. The molecule has 1 aromatic carbocycles. The molecule has 1 aromatic heterocycles.